The van der Waals surface area contributed by atoms with Gasteiger partial charge >= 0.3 is 0 Å². The highest BCUT2D eigenvalue weighted by Crippen LogP contribution is 2.17. The van der Waals surface area contributed by atoms with Gasteiger partial charge in [-0.15, -0.1) is 0 Å². The van der Waals surface area contributed by atoms with Crippen molar-refractivity contribution in [2.75, 3.05) is 44.1 Å². The van der Waals surface area contributed by atoms with Crippen LogP contribution in [-0.4, -0.2) is 45.1 Å². The van der Waals surface area contributed by atoms with Crippen LogP contribution in [0.2, 0.25) is 0 Å². The second kappa shape index (κ2) is 10.5. The van der Waals surface area contributed by atoms with Crippen molar-refractivity contribution in [3.05, 3.63) is 24.3 Å². The number of unbranched alkanes of at least 4 members (excludes halogenated alkanes) is 3. The van der Waals surface area contributed by atoms with E-state index in [1.165, 1.54) is 19.3 Å². The first-order chi connectivity index (χ1) is 10.1. The zero-order valence-corrected chi connectivity index (χ0v) is 13.6. The summed E-state index contributed by atoms with van der Waals surface area (Å²) in [5, 5.41) is 13.1. The topological polar surface area (TPSA) is 44.7 Å². The fraction of sp³-hybridized carbons (Fsp3) is 0.647. The van der Waals surface area contributed by atoms with Gasteiger partial charge < -0.3 is 20.1 Å². The Morgan fingerprint density at radius 1 is 1.24 bits per heavy atom. The lowest BCUT2D eigenvalue weighted by atomic mass is 10.2. The lowest BCUT2D eigenvalue weighted by Gasteiger charge is -2.16. The molecule has 4 heteroatoms. The predicted octanol–water partition coefficient (Wildman–Crippen LogP) is 3.12. The van der Waals surface area contributed by atoms with E-state index in [1.54, 1.807) is 0 Å². The van der Waals surface area contributed by atoms with E-state index in [0.29, 0.717) is 13.2 Å². The third kappa shape index (κ3) is 7.93. The zero-order valence-electron chi connectivity index (χ0n) is 13.6. The Hall–Kier alpha value is -1.26. The Labute approximate surface area is 129 Å². The van der Waals surface area contributed by atoms with Gasteiger partial charge in [0.05, 0.1) is 12.7 Å². The van der Waals surface area contributed by atoms with E-state index < -0.39 is 6.10 Å². The van der Waals surface area contributed by atoms with E-state index in [1.807, 2.05) is 26.2 Å². The average molecular weight is 294 g/mol. The number of hydrogen-bond acceptors (Lipinski definition) is 4. The number of nitrogens with zero attached hydrogens (tertiary/aromatic N) is 1. The lowest BCUT2D eigenvalue weighted by molar-refractivity contribution is 0.0417. The van der Waals surface area contributed by atoms with Gasteiger partial charge in [0.2, 0.25) is 0 Å². The minimum absolute atomic E-state index is 0.395. The van der Waals surface area contributed by atoms with Crippen molar-refractivity contribution >= 4 is 11.4 Å². The van der Waals surface area contributed by atoms with Crippen molar-refractivity contribution in [3.8, 4) is 0 Å². The van der Waals surface area contributed by atoms with Gasteiger partial charge in [0.15, 0.2) is 0 Å². The molecule has 0 aliphatic heterocycles. The molecule has 1 aromatic carbocycles. The summed E-state index contributed by atoms with van der Waals surface area (Å²) in [4.78, 5) is 2.06. The molecular formula is C17H30N2O2. The number of ether oxygens (including phenoxy) is 1. The molecule has 21 heavy (non-hydrogen) atoms. The summed E-state index contributed by atoms with van der Waals surface area (Å²) in [5.74, 6) is 0. The lowest BCUT2D eigenvalue weighted by Crippen LogP contribution is -2.25. The molecule has 0 aliphatic rings. The first-order valence-corrected chi connectivity index (χ1v) is 7.90. The van der Waals surface area contributed by atoms with Crippen molar-refractivity contribution in [1.29, 1.82) is 0 Å². The molecule has 0 aromatic heterocycles. The van der Waals surface area contributed by atoms with E-state index >= 15 is 0 Å². The second-order valence-electron chi connectivity index (χ2n) is 5.62. The van der Waals surface area contributed by atoms with Gasteiger partial charge in [-0.25, -0.2) is 0 Å². The van der Waals surface area contributed by atoms with E-state index in [9.17, 15) is 5.11 Å². The summed E-state index contributed by atoms with van der Waals surface area (Å²) in [6.07, 6.45) is 4.31. The van der Waals surface area contributed by atoms with Crippen LogP contribution in [0.5, 0.6) is 0 Å². The largest absolute Gasteiger partial charge is 0.389 e. The van der Waals surface area contributed by atoms with Crippen LogP contribution in [0.15, 0.2) is 24.3 Å². The molecule has 1 atom stereocenters. The highest BCUT2D eigenvalue weighted by atomic mass is 16.5. The maximum Gasteiger partial charge on any atom is 0.0945 e. The van der Waals surface area contributed by atoms with E-state index in [-0.39, 0.29) is 0 Å². The smallest absolute Gasteiger partial charge is 0.0945 e. The molecule has 2 N–H and O–H groups in total. The van der Waals surface area contributed by atoms with E-state index in [4.69, 9.17) is 4.74 Å². The van der Waals surface area contributed by atoms with Gasteiger partial charge in [-0.3, -0.25) is 0 Å². The first kappa shape index (κ1) is 17.8. The third-order valence-corrected chi connectivity index (χ3v) is 3.36. The zero-order chi connectivity index (χ0) is 15.5. The highest BCUT2D eigenvalue weighted by Gasteiger charge is 2.04. The van der Waals surface area contributed by atoms with Gasteiger partial charge in [0, 0.05) is 38.6 Å². The first-order valence-electron chi connectivity index (χ1n) is 7.90. The van der Waals surface area contributed by atoms with Gasteiger partial charge in [0.1, 0.15) is 0 Å². The van der Waals surface area contributed by atoms with Gasteiger partial charge in [-0.1, -0.05) is 32.3 Å². The summed E-state index contributed by atoms with van der Waals surface area (Å²) in [5.41, 5.74) is 2.16. The van der Waals surface area contributed by atoms with E-state index in [0.717, 1.165) is 24.4 Å². The van der Waals surface area contributed by atoms with Crippen molar-refractivity contribution in [1.82, 2.24) is 0 Å². The minimum atomic E-state index is -0.473. The monoisotopic (exact) mass is 294 g/mol. The predicted molar refractivity (Wildman–Crippen MR) is 90.2 cm³/mol. The Kier molecular flexibility index (Phi) is 8.87. The molecule has 0 saturated carbocycles. The quantitative estimate of drug-likeness (QED) is 0.616. The van der Waals surface area contributed by atoms with Crippen molar-refractivity contribution in [2.24, 2.45) is 0 Å². The molecule has 1 rings (SSSR count). The third-order valence-electron chi connectivity index (χ3n) is 3.36. The molecule has 0 aliphatic carbocycles. The van der Waals surface area contributed by atoms with Crippen molar-refractivity contribution < 1.29 is 9.84 Å². The SMILES string of the molecule is CCCCCCOCC(O)CNc1cccc(N(C)C)c1. The number of aliphatic hydroxyl groups excluding tert-OH is 1. The average Bonchev–Trinajstić information content (AvgIpc) is 2.49. The standard InChI is InChI=1S/C17H30N2O2/c1-4-5-6-7-11-21-14-17(20)13-18-15-9-8-10-16(12-15)19(2)3/h8-10,12,17-18,20H,4-7,11,13-14H2,1-3H3. The molecule has 0 spiro atoms. The van der Waals surface area contributed by atoms with Crippen molar-refractivity contribution in [3.63, 3.8) is 0 Å². The number of benzene rings is 1. The molecule has 1 aromatic rings. The molecule has 0 fully saturated rings. The molecule has 1 unspecified atom stereocenters. The molecule has 0 heterocycles. The molecule has 0 amide bonds. The summed E-state index contributed by atoms with van der Waals surface area (Å²) in [7, 11) is 4.03. The van der Waals surface area contributed by atoms with Crippen LogP contribution in [0.1, 0.15) is 32.6 Å². The van der Waals surface area contributed by atoms with Crippen LogP contribution in [0.4, 0.5) is 11.4 Å². The van der Waals surface area contributed by atoms with Gasteiger partial charge in [0.25, 0.3) is 0 Å². The van der Waals surface area contributed by atoms with Gasteiger partial charge in [-0.2, -0.15) is 0 Å². The van der Waals surface area contributed by atoms with Crippen LogP contribution in [0, 0.1) is 0 Å². The number of rotatable bonds is 11. The van der Waals surface area contributed by atoms with Crippen LogP contribution >= 0.6 is 0 Å². The van der Waals surface area contributed by atoms with Gasteiger partial charge in [-0.05, 0) is 24.6 Å². The second-order valence-corrected chi connectivity index (χ2v) is 5.62. The van der Waals surface area contributed by atoms with E-state index in [2.05, 4.69) is 29.3 Å². The maximum atomic E-state index is 9.89. The minimum Gasteiger partial charge on any atom is -0.389 e. The Morgan fingerprint density at radius 3 is 2.76 bits per heavy atom. The molecule has 120 valence electrons. The molecule has 4 nitrogen and oxygen atoms in total. The Bertz CT molecular complexity index is 383. The van der Waals surface area contributed by atoms with Crippen LogP contribution < -0.4 is 10.2 Å². The summed E-state index contributed by atoms with van der Waals surface area (Å²) in [6.45, 7) is 3.84. The van der Waals surface area contributed by atoms with Crippen molar-refractivity contribution in [2.45, 2.75) is 38.7 Å². The normalized spacial score (nSPS) is 12.2. The maximum absolute atomic E-state index is 9.89. The number of anilines is 2. The highest BCUT2D eigenvalue weighted by molar-refractivity contribution is 5.57. The summed E-state index contributed by atoms with van der Waals surface area (Å²) >= 11 is 0. The molecular weight excluding hydrogens is 264 g/mol. The fourth-order valence-electron chi connectivity index (χ4n) is 2.04. The summed E-state index contributed by atoms with van der Waals surface area (Å²) < 4.78 is 5.49. The molecule has 0 bridgehead atoms. The molecule has 0 radical (unpaired) electrons. The Balaban J connectivity index is 2.17. The Morgan fingerprint density at radius 2 is 2.05 bits per heavy atom. The van der Waals surface area contributed by atoms with Crippen LogP contribution in [-0.2, 0) is 4.74 Å². The number of hydrogen-bond donors (Lipinski definition) is 2. The van der Waals surface area contributed by atoms with Crippen LogP contribution in [0.3, 0.4) is 0 Å². The number of nitrogens with one attached hydrogen (secondary N) is 1. The number of aliphatic hydroxyl groups is 1. The molecule has 0 saturated heterocycles. The van der Waals surface area contributed by atoms with Crippen LogP contribution in [0.25, 0.3) is 0 Å². The fourth-order valence-corrected chi connectivity index (χ4v) is 2.04. The summed E-state index contributed by atoms with van der Waals surface area (Å²) in [6, 6.07) is 8.14.